The topological polar surface area (TPSA) is 67.8 Å². The maximum absolute atomic E-state index is 10.8. The van der Waals surface area contributed by atoms with Gasteiger partial charge in [0.25, 0.3) is 0 Å². The Labute approximate surface area is 127 Å². The van der Waals surface area contributed by atoms with Gasteiger partial charge in [-0.1, -0.05) is 38.8 Å². The Morgan fingerprint density at radius 1 is 1.48 bits per heavy atom. The molecule has 4 atom stereocenters. The summed E-state index contributed by atoms with van der Waals surface area (Å²) >= 11 is 0. The van der Waals surface area contributed by atoms with Crippen LogP contribution in [0.1, 0.15) is 39.5 Å². The second-order valence-corrected chi connectivity index (χ2v) is 5.70. The van der Waals surface area contributed by atoms with Crippen molar-refractivity contribution < 1.29 is 19.4 Å². The van der Waals surface area contributed by atoms with Crippen molar-refractivity contribution in [3.8, 4) is 0 Å². The summed E-state index contributed by atoms with van der Waals surface area (Å²) in [6, 6.07) is -0.128. The summed E-state index contributed by atoms with van der Waals surface area (Å²) < 4.78 is 11.4. The van der Waals surface area contributed by atoms with Crippen LogP contribution in [0.5, 0.6) is 0 Å². The Balaban J connectivity index is 2.61. The molecule has 0 aliphatic carbocycles. The average Bonchev–Trinajstić information content (AvgIpc) is 2.46. The number of allylic oxidation sites excluding steroid dienone is 1. The summed E-state index contributed by atoms with van der Waals surface area (Å²) in [5, 5.41) is 11.9. The molecule has 1 rings (SSSR count). The molecule has 1 saturated heterocycles. The standard InChI is InChI=1S/C16H29NO4/c1-4-5-6-7-8-9-13-15(17-10-14(18)19)16(20-3)12(2)11-21-13/h8-9,12-13,15-17H,4-7,10-11H2,1-3H3,(H,18,19)/b9-8-/t12-,13-,15-,16-/m0/s1. The van der Waals surface area contributed by atoms with Crippen molar-refractivity contribution in [2.45, 2.75) is 57.8 Å². The van der Waals surface area contributed by atoms with E-state index in [1.165, 1.54) is 19.3 Å². The summed E-state index contributed by atoms with van der Waals surface area (Å²) in [7, 11) is 1.67. The number of carboxylic acid groups (broad SMARTS) is 1. The molecule has 1 aliphatic rings. The Morgan fingerprint density at radius 3 is 2.86 bits per heavy atom. The molecule has 0 aromatic carbocycles. The van der Waals surface area contributed by atoms with E-state index >= 15 is 0 Å². The Kier molecular flexibility index (Phi) is 8.57. The lowest BCUT2D eigenvalue weighted by Crippen LogP contribution is -2.57. The van der Waals surface area contributed by atoms with Crippen LogP contribution in [0, 0.1) is 5.92 Å². The minimum absolute atomic E-state index is 0.0385. The van der Waals surface area contributed by atoms with Crippen molar-refractivity contribution in [3.63, 3.8) is 0 Å². The first-order chi connectivity index (χ1) is 10.1. The van der Waals surface area contributed by atoms with E-state index in [9.17, 15) is 4.79 Å². The van der Waals surface area contributed by atoms with E-state index in [1.807, 2.05) is 6.08 Å². The molecule has 1 fully saturated rings. The van der Waals surface area contributed by atoms with Gasteiger partial charge in [-0.05, 0) is 12.8 Å². The number of carboxylic acids is 1. The van der Waals surface area contributed by atoms with E-state index in [0.717, 1.165) is 6.42 Å². The molecule has 0 amide bonds. The van der Waals surface area contributed by atoms with Crippen LogP contribution in [-0.4, -0.2) is 49.6 Å². The quantitative estimate of drug-likeness (QED) is 0.505. The minimum atomic E-state index is -0.867. The van der Waals surface area contributed by atoms with Crippen LogP contribution in [0.15, 0.2) is 12.2 Å². The minimum Gasteiger partial charge on any atom is -0.480 e. The number of methoxy groups -OCH3 is 1. The van der Waals surface area contributed by atoms with Gasteiger partial charge < -0.3 is 14.6 Å². The number of carbonyl (C=O) groups is 1. The highest BCUT2D eigenvalue weighted by atomic mass is 16.5. The maximum atomic E-state index is 10.8. The normalized spacial score (nSPS) is 29.9. The number of aliphatic carboxylic acids is 1. The molecule has 0 unspecified atom stereocenters. The van der Waals surface area contributed by atoms with Crippen LogP contribution in [0.2, 0.25) is 0 Å². The summed E-state index contributed by atoms with van der Waals surface area (Å²) in [5.74, 6) is -0.625. The van der Waals surface area contributed by atoms with E-state index in [-0.39, 0.29) is 30.7 Å². The van der Waals surface area contributed by atoms with Crippen molar-refractivity contribution >= 4 is 5.97 Å². The third-order valence-corrected chi connectivity index (χ3v) is 3.88. The van der Waals surface area contributed by atoms with Gasteiger partial charge >= 0.3 is 5.97 Å². The predicted octanol–water partition coefficient (Wildman–Crippen LogP) is 2.22. The van der Waals surface area contributed by atoms with Crippen LogP contribution < -0.4 is 5.32 Å². The van der Waals surface area contributed by atoms with Gasteiger partial charge in [-0.3, -0.25) is 10.1 Å². The third kappa shape index (κ3) is 6.16. The van der Waals surface area contributed by atoms with Gasteiger partial charge in [0.1, 0.15) is 0 Å². The van der Waals surface area contributed by atoms with Crippen LogP contribution in [-0.2, 0) is 14.3 Å². The summed E-state index contributed by atoms with van der Waals surface area (Å²) in [4.78, 5) is 10.8. The largest absolute Gasteiger partial charge is 0.480 e. The van der Waals surface area contributed by atoms with Crippen molar-refractivity contribution in [1.29, 1.82) is 0 Å². The van der Waals surface area contributed by atoms with E-state index in [4.69, 9.17) is 14.6 Å². The number of nitrogens with one attached hydrogen (secondary N) is 1. The maximum Gasteiger partial charge on any atom is 0.317 e. The highest BCUT2D eigenvalue weighted by Gasteiger charge is 2.37. The zero-order valence-corrected chi connectivity index (χ0v) is 13.4. The average molecular weight is 299 g/mol. The molecule has 0 aromatic rings. The van der Waals surface area contributed by atoms with E-state index in [1.54, 1.807) is 7.11 Å². The van der Waals surface area contributed by atoms with Crippen molar-refractivity contribution in [1.82, 2.24) is 5.32 Å². The molecule has 2 N–H and O–H groups in total. The molecule has 122 valence electrons. The van der Waals surface area contributed by atoms with Gasteiger partial charge in [0.05, 0.1) is 31.4 Å². The van der Waals surface area contributed by atoms with E-state index < -0.39 is 5.97 Å². The molecule has 5 heteroatoms. The van der Waals surface area contributed by atoms with Crippen LogP contribution in [0.25, 0.3) is 0 Å². The molecule has 21 heavy (non-hydrogen) atoms. The smallest absolute Gasteiger partial charge is 0.317 e. The molecule has 1 aliphatic heterocycles. The Morgan fingerprint density at radius 2 is 2.24 bits per heavy atom. The van der Waals surface area contributed by atoms with Crippen molar-refractivity contribution in [2.24, 2.45) is 5.92 Å². The van der Waals surface area contributed by atoms with Crippen molar-refractivity contribution in [3.05, 3.63) is 12.2 Å². The van der Waals surface area contributed by atoms with Gasteiger partial charge in [0.15, 0.2) is 0 Å². The van der Waals surface area contributed by atoms with Gasteiger partial charge in [0.2, 0.25) is 0 Å². The Bertz CT molecular complexity index is 332. The first-order valence-corrected chi connectivity index (χ1v) is 7.86. The lowest BCUT2D eigenvalue weighted by atomic mass is 9.90. The molecular weight excluding hydrogens is 270 g/mol. The molecule has 0 radical (unpaired) electrons. The zero-order chi connectivity index (χ0) is 15.7. The molecule has 0 bridgehead atoms. The summed E-state index contributed by atoms with van der Waals surface area (Å²) in [6.07, 6.45) is 8.67. The third-order valence-electron chi connectivity index (χ3n) is 3.88. The SMILES string of the molecule is CCCCC/C=C\[C@@H]1OC[C@H](C)[C@H](OC)[C@H]1NCC(=O)O. The van der Waals surface area contributed by atoms with Gasteiger partial charge in [-0.2, -0.15) is 0 Å². The van der Waals surface area contributed by atoms with Crippen LogP contribution >= 0.6 is 0 Å². The first kappa shape index (κ1) is 18.1. The van der Waals surface area contributed by atoms with E-state index in [0.29, 0.717) is 6.61 Å². The van der Waals surface area contributed by atoms with Gasteiger partial charge in [-0.15, -0.1) is 0 Å². The molecular formula is C16H29NO4. The fourth-order valence-electron chi connectivity index (χ4n) is 2.74. The molecule has 0 spiro atoms. The highest BCUT2D eigenvalue weighted by molar-refractivity contribution is 5.69. The molecule has 0 aromatic heterocycles. The second kappa shape index (κ2) is 9.92. The van der Waals surface area contributed by atoms with E-state index in [2.05, 4.69) is 25.2 Å². The zero-order valence-electron chi connectivity index (χ0n) is 13.4. The number of ether oxygens (including phenoxy) is 2. The molecule has 5 nitrogen and oxygen atoms in total. The lowest BCUT2D eigenvalue weighted by Gasteiger charge is -2.40. The fraction of sp³-hybridized carbons (Fsp3) is 0.812. The first-order valence-electron chi connectivity index (χ1n) is 7.86. The summed E-state index contributed by atoms with van der Waals surface area (Å²) in [6.45, 7) is 4.80. The number of hydrogen-bond donors (Lipinski definition) is 2. The number of hydrogen-bond acceptors (Lipinski definition) is 4. The number of unbranched alkanes of at least 4 members (excludes halogenated alkanes) is 3. The van der Waals surface area contributed by atoms with Gasteiger partial charge in [-0.25, -0.2) is 0 Å². The summed E-state index contributed by atoms with van der Waals surface area (Å²) in [5.41, 5.74) is 0. The monoisotopic (exact) mass is 299 g/mol. The lowest BCUT2D eigenvalue weighted by molar-refractivity contribution is -0.138. The van der Waals surface area contributed by atoms with Crippen molar-refractivity contribution in [2.75, 3.05) is 20.3 Å². The molecule has 0 saturated carbocycles. The highest BCUT2D eigenvalue weighted by Crippen LogP contribution is 2.23. The fourth-order valence-corrected chi connectivity index (χ4v) is 2.74. The van der Waals surface area contributed by atoms with Crippen LogP contribution in [0.4, 0.5) is 0 Å². The number of rotatable bonds is 9. The predicted molar refractivity (Wildman–Crippen MR) is 82.4 cm³/mol. The van der Waals surface area contributed by atoms with Crippen LogP contribution in [0.3, 0.4) is 0 Å². The Hall–Kier alpha value is -0.910. The second-order valence-electron chi connectivity index (χ2n) is 5.70. The molecule has 1 heterocycles. The van der Waals surface area contributed by atoms with Gasteiger partial charge in [0, 0.05) is 13.0 Å².